The lowest BCUT2D eigenvalue weighted by molar-refractivity contribution is 0.768. The molecule has 1 nitrogen and oxygen atoms in total. The molecule has 0 heterocycles. The second-order valence-corrected chi connectivity index (χ2v) is 15.4. The number of benzene rings is 10. The lowest BCUT2D eigenvalue weighted by Crippen LogP contribution is -2.28. The second kappa shape index (κ2) is 14.9. The SMILES string of the molecule is [2H]c1c([2H])c(N(c2ccc(-c3cccc(-c4ccc5ccccc5c4)c3)cc2)c2ccc3c(c2)C(c2ccccc2)(c2ccccc2)c2ccccc2-3)c([2H])c([2H])c1-c1ccccc1. The second-order valence-electron chi connectivity index (χ2n) is 15.4. The van der Waals surface area contributed by atoms with Gasteiger partial charge in [-0.05, 0) is 126 Å². The minimum atomic E-state index is -0.679. The van der Waals surface area contributed by atoms with Crippen LogP contribution in [-0.2, 0) is 5.41 Å². The predicted octanol–water partition coefficient (Wildman–Crippen LogP) is 15.7. The largest absolute Gasteiger partial charge is 0.310 e. The van der Waals surface area contributed by atoms with Gasteiger partial charge in [-0.2, -0.15) is 0 Å². The zero-order valence-electron chi connectivity index (χ0n) is 36.8. The van der Waals surface area contributed by atoms with E-state index < -0.39 is 5.41 Å². The summed E-state index contributed by atoms with van der Waals surface area (Å²) in [4.78, 5) is 1.91. The van der Waals surface area contributed by atoms with Crippen molar-refractivity contribution in [3.63, 3.8) is 0 Å². The third kappa shape index (κ3) is 6.03. The molecule has 0 aromatic heterocycles. The summed E-state index contributed by atoms with van der Waals surface area (Å²) in [6.07, 6.45) is 0. The molecular weight excluding hydrogens is 723 g/mol. The topological polar surface area (TPSA) is 3.24 Å². The van der Waals surface area contributed by atoms with Crippen LogP contribution in [0.3, 0.4) is 0 Å². The molecule has 1 heteroatoms. The van der Waals surface area contributed by atoms with Crippen LogP contribution in [0.1, 0.15) is 27.7 Å². The Hall–Kier alpha value is -7.74. The molecule has 1 aliphatic rings. The van der Waals surface area contributed by atoms with E-state index in [1.165, 1.54) is 16.3 Å². The molecule has 282 valence electrons. The maximum atomic E-state index is 9.66. The van der Waals surface area contributed by atoms with E-state index in [0.717, 1.165) is 55.8 Å². The molecule has 0 bridgehead atoms. The Morgan fingerprint density at radius 1 is 0.300 bits per heavy atom. The van der Waals surface area contributed by atoms with Gasteiger partial charge in [0.2, 0.25) is 0 Å². The fourth-order valence-electron chi connectivity index (χ4n) is 9.20. The van der Waals surface area contributed by atoms with Gasteiger partial charge in [-0.1, -0.05) is 200 Å². The molecule has 10 aromatic rings. The number of fused-ring (bicyclic) bond motifs is 4. The number of rotatable bonds is 8. The van der Waals surface area contributed by atoms with E-state index in [1.807, 2.05) is 59.5 Å². The zero-order chi connectivity index (χ0) is 43.4. The summed E-state index contributed by atoms with van der Waals surface area (Å²) < 4.78 is 38.1. The molecule has 0 fully saturated rings. The van der Waals surface area contributed by atoms with Gasteiger partial charge >= 0.3 is 0 Å². The van der Waals surface area contributed by atoms with Crippen molar-refractivity contribution in [2.75, 3.05) is 4.90 Å². The van der Waals surface area contributed by atoms with E-state index in [9.17, 15) is 5.48 Å². The van der Waals surface area contributed by atoms with Crippen molar-refractivity contribution in [1.29, 1.82) is 0 Å². The standard InChI is InChI=1S/C59H41N/c1-4-15-42(16-5-1)44-29-33-52(34-30-44)60(53-35-31-45(32-36-53)47-19-14-20-48(39-47)49-28-27-43-17-10-11-18-46(43)40-49)54-37-38-56-55-25-12-13-26-57(55)59(58(56)41-54,50-21-6-2-7-22-50)51-23-8-3-9-24-51/h1-41H/i29D,30D,33D,34D. The van der Waals surface area contributed by atoms with Crippen LogP contribution in [-0.4, -0.2) is 0 Å². The Morgan fingerprint density at radius 3 is 1.53 bits per heavy atom. The van der Waals surface area contributed by atoms with Gasteiger partial charge < -0.3 is 4.90 Å². The van der Waals surface area contributed by atoms with Crippen LogP contribution >= 0.6 is 0 Å². The van der Waals surface area contributed by atoms with Crippen molar-refractivity contribution in [2.24, 2.45) is 0 Å². The summed E-state index contributed by atoms with van der Waals surface area (Å²) in [5.41, 5.74) is 13.0. The van der Waals surface area contributed by atoms with Gasteiger partial charge in [-0.15, -0.1) is 0 Å². The molecule has 0 spiro atoms. The molecule has 0 saturated carbocycles. The molecule has 0 N–H and O–H groups in total. The Labute approximate surface area is 357 Å². The summed E-state index contributed by atoms with van der Waals surface area (Å²) in [5.74, 6) is 0. The molecular formula is C59H41N. The van der Waals surface area contributed by atoms with Gasteiger partial charge in [0.25, 0.3) is 0 Å². The summed E-state index contributed by atoms with van der Waals surface area (Å²) in [7, 11) is 0. The highest BCUT2D eigenvalue weighted by Gasteiger charge is 2.46. The Balaban J connectivity index is 1.11. The van der Waals surface area contributed by atoms with Crippen LogP contribution in [0.5, 0.6) is 0 Å². The van der Waals surface area contributed by atoms with Crippen molar-refractivity contribution in [3.05, 3.63) is 271 Å². The lowest BCUT2D eigenvalue weighted by Gasteiger charge is -2.35. The van der Waals surface area contributed by atoms with Crippen LogP contribution in [0.2, 0.25) is 0 Å². The molecule has 60 heavy (non-hydrogen) atoms. The minimum absolute atomic E-state index is 0.0918. The first kappa shape index (κ1) is 31.3. The monoisotopic (exact) mass is 767 g/mol. The summed E-state index contributed by atoms with van der Waals surface area (Å²) in [5, 5.41) is 2.40. The predicted molar refractivity (Wildman–Crippen MR) is 252 cm³/mol. The fraction of sp³-hybridized carbons (Fsp3) is 0.0169. The maximum absolute atomic E-state index is 9.66. The summed E-state index contributed by atoms with van der Waals surface area (Å²) in [6.45, 7) is 0. The van der Waals surface area contributed by atoms with E-state index in [4.69, 9.17) is 0 Å². The van der Waals surface area contributed by atoms with Crippen molar-refractivity contribution < 1.29 is 5.48 Å². The van der Waals surface area contributed by atoms with E-state index in [0.29, 0.717) is 11.3 Å². The van der Waals surface area contributed by atoms with Crippen molar-refractivity contribution in [3.8, 4) is 44.5 Å². The highest BCUT2D eigenvalue weighted by molar-refractivity contribution is 5.91. The smallest absolute Gasteiger partial charge is 0.0714 e. The summed E-state index contributed by atoms with van der Waals surface area (Å²) in [6, 6.07) is 76.9. The molecule has 0 aliphatic heterocycles. The Kier molecular flexibility index (Phi) is 7.76. The molecule has 0 amide bonds. The van der Waals surface area contributed by atoms with Crippen LogP contribution in [0.25, 0.3) is 55.3 Å². The van der Waals surface area contributed by atoms with Crippen LogP contribution in [0, 0.1) is 0 Å². The molecule has 11 rings (SSSR count). The molecule has 0 atom stereocenters. The lowest BCUT2D eigenvalue weighted by atomic mass is 9.67. The zero-order valence-corrected chi connectivity index (χ0v) is 32.8. The van der Waals surface area contributed by atoms with E-state index in [1.54, 1.807) is 0 Å². The molecule has 0 unspecified atom stereocenters. The quantitative estimate of drug-likeness (QED) is 0.149. The van der Waals surface area contributed by atoms with E-state index in [2.05, 4.69) is 170 Å². The first-order valence-corrected chi connectivity index (χ1v) is 20.4. The van der Waals surface area contributed by atoms with Crippen LogP contribution < -0.4 is 4.90 Å². The minimum Gasteiger partial charge on any atom is -0.310 e. The van der Waals surface area contributed by atoms with Crippen LogP contribution in [0.15, 0.2) is 249 Å². The number of anilines is 3. The van der Waals surface area contributed by atoms with E-state index >= 15 is 0 Å². The van der Waals surface area contributed by atoms with Crippen LogP contribution in [0.4, 0.5) is 17.1 Å². The van der Waals surface area contributed by atoms with Crippen molar-refractivity contribution in [2.45, 2.75) is 5.41 Å². The molecule has 0 radical (unpaired) electrons. The van der Waals surface area contributed by atoms with Gasteiger partial charge in [-0.3, -0.25) is 0 Å². The van der Waals surface area contributed by atoms with Gasteiger partial charge in [0.15, 0.2) is 0 Å². The first-order valence-electron chi connectivity index (χ1n) is 22.4. The summed E-state index contributed by atoms with van der Waals surface area (Å²) >= 11 is 0. The molecule has 10 aromatic carbocycles. The van der Waals surface area contributed by atoms with Crippen molar-refractivity contribution >= 4 is 27.8 Å². The van der Waals surface area contributed by atoms with E-state index in [-0.39, 0.29) is 35.4 Å². The molecule has 0 saturated heterocycles. The number of hydrogen-bond donors (Lipinski definition) is 0. The average molecular weight is 768 g/mol. The Morgan fingerprint density at radius 2 is 0.817 bits per heavy atom. The third-order valence-corrected chi connectivity index (χ3v) is 12.0. The fourth-order valence-corrected chi connectivity index (χ4v) is 9.20. The van der Waals surface area contributed by atoms with Gasteiger partial charge in [0, 0.05) is 17.1 Å². The van der Waals surface area contributed by atoms with Gasteiger partial charge in [0.05, 0.1) is 10.9 Å². The number of hydrogen-bond acceptors (Lipinski definition) is 1. The third-order valence-electron chi connectivity index (χ3n) is 12.0. The highest BCUT2D eigenvalue weighted by Crippen LogP contribution is 2.57. The highest BCUT2D eigenvalue weighted by atomic mass is 15.1. The maximum Gasteiger partial charge on any atom is 0.0714 e. The first-order chi connectivity index (χ1) is 31.4. The normalized spacial score (nSPS) is 13.4. The van der Waals surface area contributed by atoms with Gasteiger partial charge in [-0.25, -0.2) is 0 Å². The average Bonchev–Trinajstić information content (AvgIpc) is 3.66. The van der Waals surface area contributed by atoms with Gasteiger partial charge in [0.1, 0.15) is 0 Å². The Bertz CT molecular complexity index is 3300. The number of nitrogens with zero attached hydrogens (tertiary/aromatic N) is 1. The van der Waals surface area contributed by atoms with Crippen molar-refractivity contribution in [1.82, 2.24) is 0 Å². The molecule has 1 aliphatic carbocycles.